The van der Waals surface area contributed by atoms with Crippen molar-refractivity contribution in [2.24, 2.45) is 10.8 Å². The van der Waals surface area contributed by atoms with Crippen LogP contribution in [0.4, 0.5) is 5.69 Å². The van der Waals surface area contributed by atoms with Crippen LogP contribution in [0.2, 0.25) is 0 Å². The highest BCUT2D eigenvalue weighted by Gasteiger charge is 2.34. The summed E-state index contributed by atoms with van der Waals surface area (Å²) in [4.78, 5) is 38.0. The lowest BCUT2D eigenvalue weighted by Gasteiger charge is -2.23. The number of nitrogens with one attached hydrogen (secondary N) is 1. The second-order valence-corrected chi connectivity index (χ2v) is 16.0. The van der Waals surface area contributed by atoms with Crippen molar-refractivity contribution < 1.29 is 42.2 Å². The first-order valence-corrected chi connectivity index (χ1v) is 18.7. The highest BCUT2D eigenvalue weighted by atomic mass is 31.2. The van der Waals surface area contributed by atoms with E-state index in [2.05, 4.69) is 12.2 Å². The Morgan fingerprint density at radius 2 is 1.16 bits per heavy atom. The van der Waals surface area contributed by atoms with E-state index in [9.17, 15) is 18.9 Å². The van der Waals surface area contributed by atoms with Gasteiger partial charge in [0.15, 0.2) is 0 Å². The van der Waals surface area contributed by atoms with E-state index in [1.165, 1.54) is 38.2 Å². The van der Waals surface area contributed by atoms with Crippen LogP contribution in [-0.2, 0) is 32.7 Å². The van der Waals surface area contributed by atoms with Gasteiger partial charge in [-0.25, -0.2) is 0 Å². The van der Waals surface area contributed by atoms with Crippen LogP contribution in [0.3, 0.4) is 0 Å². The minimum absolute atomic E-state index is 0.0117. The lowest BCUT2D eigenvalue weighted by molar-refractivity contribution is -0.161. The molecule has 0 atom stereocenters. The number of para-hydroxylation sites is 1. The van der Waals surface area contributed by atoms with E-state index in [0.717, 1.165) is 23.3 Å². The Labute approximate surface area is 296 Å². The number of unbranched alkanes of at least 4 members (excludes halogenated alkanes) is 5. The normalized spacial score (nSPS) is 11.9. The van der Waals surface area contributed by atoms with E-state index in [-0.39, 0.29) is 11.0 Å². The number of benzene rings is 3. The first-order chi connectivity index (χ1) is 23.6. The second kappa shape index (κ2) is 18.9. The summed E-state index contributed by atoms with van der Waals surface area (Å²) in [6, 6.07) is 21.2. The zero-order chi connectivity index (χ0) is 36.8. The number of carbonyl (C=O) groups is 3. The van der Waals surface area contributed by atoms with Gasteiger partial charge < -0.3 is 19.5 Å². The molecule has 11 heteroatoms. The van der Waals surface area contributed by atoms with Crippen molar-refractivity contribution in [3.8, 4) is 16.9 Å². The summed E-state index contributed by atoms with van der Waals surface area (Å²) < 4.78 is 41.5. The van der Waals surface area contributed by atoms with E-state index in [4.69, 9.17) is 23.3 Å². The van der Waals surface area contributed by atoms with Gasteiger partial charge in [-0.1, -0.05) is 75.4 Å². The highest BCUT2D eigenvalue weighted by Crippen LogP contribution is 2.49. The van der Waals surface area contributed by atoms with Gasteiger partial charge in [-0.2, -0.15) is 0 Å². The number of hydrogen-bond donors (Lipinski definition) is 1. The van der Waals surface area contributed by atoms with Crippen molar-refractivity contribution in [1.29, 1.82) is 0 Å². The molecule has 272 valence electrons. The lowest BCUT2D eigenvalue weighted by Crippen LogP contribution is -2.26. The van der Waals surface area contributed by atoms with Crippen molar-refractivity contribution in [2.45, 2.75) is 87.0 Å². The first kappa shape index (κ1) is 40.4. The summed E-state index contributed by atoms with van der Waals surface area (Å²) in [5.41, 5.74) is 0.739. The Balaban J connectivity index is 1.70. The summed E-state index contributed by atoms with van der Waals surface area (Å²) in [6.45, 7) is 11.5. The van der Waals surface area contributed by atoms with Crippen molar-refractivity contribution in [3.63, 3.8) is 0 Å². The summed E-state index contributed by atoms with van der Waals surface area (Å²) in [7, 11) is -4.32. The molecular weight excluding hydrogens is 657 g/mol. The summed E-state index contributed by atoms with van der Waals surface area (Å²) in [6.07, 6.45) is 7.26. The smallest absolute Gasteiger partial charge is 0.369 e. The molecule has 0 radical (unpaired) electrons. The Hall–Kier alpha value is -3.98. The van der Waals surface area contributed by atoms with Crippen molar-refractivity contribution in [2.75, 3.05) is 25.5 Å². The average molecular weight is 710 g/mol. The molecule has 0 aliphatic heterocycles. The molecule has 10 nitrogen and oxygen atoms in total. The SMILES string of the molecule is CCCCCCCCOc1ccc(-c2ccc(C(=O)Nc3ccccc3P(=O)(OCOC(=O)C(C)(C)C)OCOC(=O)C(C)(C)C)cc2)cc1. The molecule has 1 amide bonds. The number of esters is 2. The molecule has 0 fully saturated rings. The number of carbonyl (C=O) groups excluding carboxylic acids is 3. The number of hydrogen-bond acceptors (Lipinski definition) is 9. The lowest BCUT2D eigenvalue weighted by atomic mass is 9.98. The summed E-state index contributed by atoms with van der Waals surface area (Å²) >= 11 is 0. The van der Waals surface area contributed by atoms with E-state index in [0.29, 0.717) is 12.2 Å². The van der Waals surface area contributed by atoms with E-state index < -0.39 is 49.9 Å². The fourth-order valence-corrected chi connectivity index (χ4v) is 5.98. The molecule has 0 aromatic heterocycles. The molecule has 3 rings (SSSR count). The van der Waals surface area contributed by atoms with Crippen LogP contribution in [0, 0.1) is 10.8 Å². The number of rotatable bonds is 18. The van der Waals surface area contributed by atoms with Gasteiger partial charge in [0.25, 0.3) is 5.91 Å². The molecule has 0 heterocycles. The molecule has 0 aliphatic rings. The molecule has 0 saturated carbocycles. The predicted molar refractivity (Wildman–Crippen MR) is 195 cm³/mol. The summed E-state index contributed by atoms with van der Waals surface area (Å²) in [5, 5.41) is 2.77. The second-order valence-electron chi connectivity index (χ2n) is 14.0. The molecule has 1 N–H and O–H groups in total. The van der Waals surface area contributed by atoms with E-state index in [1.54, 1.807) is 71.9 Å². The average Bonchev–Trinajstić information content (AvgIpc) is 3.07. The molecule has 0 spiro atoms. The van der Waals surface area contributed by atoms with E-state index >= 15 is 0 Å². The van der Waals surface area contributed by atoms with Gasteiger partial charge in [0.2, 0.25) is 13.6 Å². The van der Waals surface area contributed by atoms with Crippen molar-refractivity contribution in [3.05, 3.63) is 78.4 Å². The predicted octanol–water partition coefficient (Wildman–Crippen LogP) is 9.29. The van der Waals surface area contributed by atoms with Crippen LogP contribution in [0.15, 0.2) is 72.8 Å². The molecule has 0 saturated heterocycles. The van der Waals surface area contributed by atoms with Crippen LogP contribution in [0.25, 0.3) is 11.1 Å². The van der Waals surface area contributed by atoms with E-state index in [1.807, 2.05) is 36.4 Å². The van der Waals surface area contributed by atoms with Gasteiger partial charge in [-0.15, -0.1) is 0 Å². The van der Waals surface area contributed by atoms with Crippen LogP contribution in [-0.4, -0.2) is 38.0 Å². The monoisotopic (exact) mass is 709 g/mol. The molecule has 50 heavy (non-hydrogen) atoms. The molecule has 3 aromatic carbocycles. The molecule has 0 unspecified atom stereocenters. The third-order valence-electron chi connectivity index (χ3n) is 7.60. The minimum atomic E-state index is -4.32. The first-order valence-electron chi connectivity index (χ1n) is 17.1. The third-order valence-corrected chi connectivity index (χ3v) is 9.47. The maximum absolute atomic E-state index is 14.2. The Morgan fingerprint density at radius 1 is 0.660 bits per heavy atom. The molecule has 3 aromatic rings. The number of amides is 1. The Kier molecular flexibility index (Phi) is 15.3. The van der Waals surface area contributed by atoms with Crippen molar-refractivity contribution >= 4 is 36.4 Å². The quantitative estimate of drug-likeness (QED) is 0.0595. The Bertz CT molecular complexity index is 1550. The zero-order valence-electron chi connectivity index (χ0n) is 30.4. The maximum Gasteiger partial charge on any atom is 0.369 e. The minimum Gasteiger partial charge on any atom is -0.494 e. The third kappa shape index (κ3) is 12.7. The van der Waals surface area contributed by atoms with Gasteiger partial charge in [-0.3, -0.25) is 28.0 Å². The fourth-order valence-electron chi connectivity index (χ4n) is 4.55. The maximum atomic E-state index is 14.2. The largest absolute Gasteiger partial charge is 0.494 e. The van der Waals surface area contributed by atoms with Crippen LogP contribution in [0.5, 0.6) is 5.75 Å². The highest BCUT2D eigenvalue weighted by molar-refractivity contribution is 7.62. The standard InChI is InChI=1S/C39H52NO9P/c1-8-9-10-11-12-15-26-45-32-24-22-30(23-25-32)29-18-20-31(21-19-29)35(41)40-33-16-13-14-17-34(33)50(44,48-27-46-36(42)38(2,3)4)49-28-47-37(43)39(5,6)7/h13-14,16-25H,8-12,15,26-28H2,1-7H3,(H,40,41). The molecule has 0 aliphatic carbocycles. The topological polar surface area (TPSA) is 126 Å². The van der Waals surface area contributed by atoms with Crippen LogP contribution < -0.4 is 15.4 Å². The van der Waals surface area contributed by atoms with Crippen LogP contribution >= 0.6 is 7.60 Å². The molecular formula is C39H52NO9P. The fraction of sp³-hybridized carbons (Fsp3) is 0.462. The van der Waals surface area contributed by atoms with Gasteiger partial charge in [0.1, 0.15) is 5.75 Å². The van der Waals surface area contributed by atoms with Gasteiger partial charge in [0, 0.05) is 5.56 Å². The van der Waals surface area contributed by atoms with Gasteiger partial charge >= 0.3 is 19.5 Å². The zero-order valence-corrected chi connectivity index (χ0v) is 31.3. The number of ether oxygens (including phenoxy) is 3. The van der Waals surface area contributed by atoms with Gasteiger partial charge in [0.05, 0.1) is 28.4 Å². The molecule has 0 bridgehead atoms. The van der Waals surface area contributed by atoms with Crippen LogP contribution in [0.1, 0.15) is 97.3 Å². The summed E-state index contributed by atoms with van der Waals surface area (Å²) in [5.74, 6) is -0.809. The van der Waals surface area contributed by atoms with Gasteiger partial charge in [-0.05, 0) is 95.5 Å². The number of anilines is 1. The van der Waals surface area contributed by atoms with Crippen molar-refractivity contribution in [1.82, 2.24) is 0 Å². The Morgan fingerprint density at radius 3 is 1.70 bits per heavy atom.